The van der Waals surface area contributed by atoms with Gasteiger partial charge in [-0.25, -0.2) is 4.79 Å². The van der Waals surface area contributed by atoms with Gasteiger partial charge >= 0.3 is 5.97 Å². The highest BCUT2D eigenvalue weighted by molar-refractivity contribution is 5.75. The summed E-state index contributed by atoms with van der Waals surface area (Å²) in [5, 5.41) is 20.7. The minimum absolute atomic E-state index is 0.0631. The lowest BCUT2D eigenvalue weighted by Gasteiger charge is -2.40. The van der Waals surface area contributed by atoms with Crippen LogP contribution in [0, 0.1) is 10.1 Å². The first-order valence-electron chi connectivity index (χ1n) is 5.24. The van der Waals surface area contributed by atoms with Crippen molar-refractivity contribution in [2.45, 2.75) is 36.7 Å². The van der Waals surface area contributed by atoms with Crippen molar-refractivity contribution >= 4 is 5.97 Å². The van der Waals surface area contributed by atoms with Crippen molar-refractivity contribution in [2.24, 2.45) is 0 Å². The fourth-order valence-electron chi connectivity index (χ4n) is 2.28. The van der Waals surface area contributed by atoms with E-state index in [-0.39, 0.29) is 12.8 Å². The average Bonchev–Trinajstić information content (AvgIpc) is 2.33. The molecule has 2 aliphatic rings. The number of aliphatic hydroxyl groups excluding tert-OH is 1. The van der Waals surface area contributed by atoms with Gasteiger partial charge in [-0.05, 0) is 6.08 Å². The third-order valence-electron chi connectivity index (χ3n) is 3.24. The summed E-state index contributed by atoms with van der Waals surface area (Å²) >= 11 is 0. The number of nitro groups is 1. The maximum atomic E-state index is 11.4. The topological polar surface area (TPSA) is 98.9 Å². The number of methoxy groups -OCH3 is 1. The van der Waals surface area contributed by atoms with Crippen LogP contribution in [0.5, 0.6) is 0 Å². The molecule has 0 amide bonds. The van der Waals surface area contributed by atoms with Gasteiger partial charge < -0.3 is 14.6 Å². The van der Waals surface area contributed by atoms with Gasteiger partial charge in [0.2, 0.25) is 5.54 Å². The van der Waals surface area contributed by atoms with E-state index in [1.54, 1.807) is 0 Å². The van der Waals surface area contributed by atoms with Crippen LogP contribution in [0.3, 0.4) is 0 Å². The Kier molecular flexibility index (Phi) is 2.88. The lowest BCUT2D eigenvalue weighted by atomic mass is 9.78. The second-order valence-electron chi connectivity index (χ2n) is 4.30. The second kappa shape index (κ2) is 4.08. The van der Waals surface area contributed by atoms with E-state index in [1.807, 2.05) is 0 Å². The van der Waals surface area contributed by atoms with E-state index in [0.717, 1.165) is 0 Å². The Hall–Kier alpha value is -1.47. The molecule has 0 saturated carbocycles. The minimum Gasteiger partial charge on any atom is -0.467 e. The van der Waals surface area contributed by atoms with Crippen molar-refractivity contribution in [3.8, 4) is 0 Å². The Morgan fingerprint density at radius 3 is 2.94 bits per heavy atom. The van der Waals surface area contributed by atoms with Gasteiger partial charge in [0.25, 0.3) is 0 Å². The predicted octanol–water partition coefficient (Wildman–Crippen LogP) is -0.347. The minimum atomic E-state index is -1.33. The SMILES string of the molecule is COC(=O)C1C[C@@]2([N+](=O)[O-])C=C[C@@H](O)[C@@H](C2)O1. The number of aliphatic hydroxyl groups is 1. The van der Waals surface area contributed by atoms with E-state index in [4.69, 9.17) is 4.74 Å². The Balaban J connectivity index is 2.30. The number of nitrogens with zero attached hydrogens (tertiary/aromatic N) is 1. The molecule has 1 aliphatic heterocycles. The molecule has 1 N–H and O–H groups in total. The number of hydrogen-bond donors (Lipinski definition) is 1. The number of fused-ring (bicyclic) bond motifs is 2. The Labute approximate surface area is 97.2 Å². The van der Waals surface area contributed by atoms with Gasteiger partial charge in [0.05, 0.1) is 32.2 Å². The van der Waals surface area contributed by atoms with Gasteiger partial charge in [-0.3, -0.25) is 10.1 Å². The van der Waals surface area contributed by atoms with Crippen LogP contribution in [0.4, 0.5) is 0 Å². The average molecular weight is 243 g/mol. The molecule has 17 heavy (non-hydrogen) atoms. The molecule has 1 fully saturated rings. The number of esters is 1. The zero-order valence-electron chi connectivity index (χ0n) is 9.24. The number of rotatable bonds is 2. The molecule has 0 aromatic heterocycles. The van der Waals surface area contributed by atoms with E-state index in [2.05, 4.69) is 4.74 Å². The van der Waals surface area contributed by atoms with E-state index in [1.165, 1.54) is 19.3 Å². The van der Waals surface area contributed by atoms with Crippen molar-refractivity contribution in [3.63, 3.8) is 0 Å². The highest BCUT2D eigenvalue weighted by Crippen LogP contribution is 2.38. The summed E-state index contributed by atoms with van der Waals surface area (Å²) in [5.74, 6) is -0.650. The fourth-order valence-corrected chi connectivity index (χ4v) is 2.28. The summed E-state index contributed by atoms with van der Waals surface area (Å²) in [7, 11) is 1.20. The monoisotopic (exact) mass is 243 g/mol. The van der Waals surface area contributed by atoms with Gasteiger partial charge in [0, 0.05) is 4.92 Å². The largest absolute Gasteiger partial charge is 0.467 e. The summed E-state index contributed by atoms with van der Waals surface area (Å²) in [5.41, 5.74) is -1.33. The second-order valence-corrected chi connectivity index (χ2v) is 4.30. The molecule has 1 heterocycles. The van der Waals surface area contributed by atoms with E-state index in [0.29, 0.717) is 0 Å². The zero-order valence-corrected chi connectivity index (χ0v) is 9.24. The van der Waals surface area contributed by atoms with E-state index >= 15 is 0 Å². The quantitative estimate of drug-likeness (QED) is 0.308. The maximum absolute atomic E-state index is 11.4. The molecule has 0 aromatic carbocycles. The van der Waals surface area contributed by atoms with Gasteiger partial charge in [0.1, 0.15) is 0 Å². The first-order chi connectivity index (χ1) is 7.98. The summed E-state index contributed by atoms with van der Waals surface area (Å²) in [4.78, 5) is 22.1. The molecule has 0 spiro atoms. The van der Waals surface area contributed by atoms with Crippen LogP contribution in [0.15, 0.2) is 12.2 Å². The first-order valence-corrected chi connectivity index (χ1v) is 5.24. The molecule has 7 nitrogen and oxygen atoms in total. The van der Waals surface area contributed by atoms with Gasteiger partial charge in [-0.2, -0.15) is 0 Å². The molecule has 1 saturated heterocycles. The lowest BCUT2D eigenvalue weighted by Crippen LogP contribution is -2.56. The molecular formula is C10H13NO6. The highest BCUT2D eigenvalue weighted by Gasteiger charge is 2.54. The van der Waals surface area contributed by atoms with Crippen LogP contribution in [0.25, 0.3) is 0 Å². The van der Waals surface area contributed by atoms with Gasteiger partial charge in [-0.15, -0.1) is 0 Å². The van der Waals surface area contributed by atoms with Crippen molar-refractivity contribution in [2.75, 3.05) is 7.11 Å². The van der Waals surface area contributed by atoms with Crippen molar-refractivity contribution in [3.05, 3.63) is 22.3 Å². The number of carbonyl (C=O) groups excluding carboxylic acids is 1. The molecule has 2 bridgehead atoms. The fraction of sp³-hybridized carbons (Fsp3) is 0.700. The predicted molar refractivity (Wildman–Crippen MR) is 54.8 cm³/mol. The lowest BCUT2D eigenvalue weighted by molar-refractivity contribution is -0.567. The molecule has 0 radical (unpaired) electrons. The molecule has 7 heteroatoms. The van der Waals surface area contributed by atoms with Crippen LogP contribution in [0.2, 0.25) is 0 Å². The summed E-state index contributed by atoms with van der Waals surface area (Å²) in [6.45, 7) is 0. The summed E-state index contributed by atoms with van der Waals surface area (Å²) < 4.78 is 9.84. The van der Waals surface area contributed by atoms with Crippen molar-refractivity contribution in [1.82, 2.24) is 0 Å². The van der Waals surface area contributed by atoms with Crippen LogP contribution in [-0.2, 0) is 14.3 Å². The first kappa shape index (κ1) is 12.0. The highest BCUT2D eigenvalue weighted by atomic mass is 16.6. The molecule has 1 aliphatic carbocycles. The number of ether oxygens (including phenoxy) is 2. The van der Waals surface area contributed by atoms with Gasteiger partial charge in [0.15, 0.2) is 6.10 Å². The maximum Gasteiger partial charge on any atom is 0.335 e. The normalized spacial score (nSPS) is 39.8. The Bertz CT molecular complexity index is 381. The van der Waals surface area contributed by atoms with Crippen LogP contribution in [-0.4, -0.2) is 47.0 Å². The standard InChI is InChI=1S/C10H13NO6/c1-16-9(13)8-5-10(11(14)15)3-2-6(12)7(4-10)17-8/h2-3,6-8,12H,4-5H2,1H3/t6-,7-,8?,10-/m1/s1. The number of carbonyl (C=O) groups is 1. The van der Waals surface area contributed by atoms with E-state index in [9.17, 15) is 20.0 Å². The van der Waals surface area contributed by atoms with Crippen LogP contribution >= 0.6 is 0 Å². The molecule has 4 atom stereocenters. The van der Waals surface area contributed by atoms with E-state index < -0.39 is 34.7 Å². The molecule has 2 rings (SSSR count). The van der Waals surface area contributed by atoms with Crippen molar-refractivity contribution < 1.29 is 24.3 Å². The molecule has 94 valence electrons. The Morgan fingerprint density at radius 2 is 2.35 bits per heavy atom. The third kappa shape index (κ3) is 1.91. The third-order valence-corrected chi connectivity index (χ3v) is 3.24. The smallest absolute Gasteiger partial charge is 0.335 e. The molecule has 1 unspecified atom stereocenters. The molecule has 0 aromatic rings. The van der Waals surface area contributed by atoms with Crippen LogP contribution in [0.1, 0.15) is 12.8 Å². The zero-order chi connectivity index (χ0) is 12.6. The summed E-state index contributed by atoms with van der Waals surface area (Å²) in [6.07, 6.45) is 0.0665. The summed E-state index contributed by atoms with van der Waals surface area (Å²) in [6, 6.07) is 0. The number of hydrogen-bond acceptors (Lipinski definition) is 6. The van der Waals surface area contributed by atoms with Crippen LogP contribution < -0.4 is 0 Å². The van der Waals surface area contributed by atoms with Crippen molar-refractivity contribution in [1.29, 1.82) is 0 Å². The van der Waals surface area contributed by atoms with Gasteiger partial charge in [-0.1, -0.05) is 6.08 Å². The molecular weight excluding hydrogens is 230 g/mol. The Morgan fingerprint density at radius 1 is 1.65 bits per heavy atom.